The second-order valence-corrected chi connectivity index (χ2v) is 0. The maximum atomic E-state index is 8.38. The van der Waals surface area contributed by atoms with Crippen molar-refractivity contribution in [1.29, 1.82) is 0 Å². The van der Waals surface area contributed by atoms with Crippen LogP contribution < -0.4 is 0 Å². The topological polar surface area (TPSA) is 34.1 Å². The van der Waals surface area contributed by atoms with Crippen LogP contribution in [-0.2, 0) is 45.1 Å². The molecule has 0 heterocycles. The Labute approximate surface area is 61.0 Å². The van der Waals surface area contributed by atoms with Crippen molar-refractivity contribution in [2.75, 3.05) is 0 Å². The Bertz CT molecular complexity index is 9.61. The van der Waals surface area contributed by atoms with Crippen molar-refractivity contribution < 1.29 is 45.1 Å². The zero-order valence-corrected chi connectivity index (χ0v) is 10.3. The first-order valence-corrected chi connectivity index (χ1v) is 2.37. The van der Waals surface area contributed by atoms with E-state index in [1.165, 1.54) is 0 Å². The van der Waals surface area contributed by atoms with Gasteiger partial charge in [0.15, 0.2) is 0 Å². The van der Waals surface area contributed by atoms with E-state index in [1.807, 2.05) is 0 Å². The smallest absolute Gasteiger partial charge is 0 e. The summed E-state index contributed by atoms with van der Waals surface area (Å²) in [6, 6.07) is 0. The Morgan fingerprint density at radius 2 is 1.20 bits per heavy atom. The third-order valence-electron chi connectivity index (χ3n) is 0. The van der Waals surface area contributed by atoms with Gasteiger partial charge in [-0.05, 0) is 0 Å². The summed E-state index contributed by atoms with van der Waals surface area (Å²) in [4.78, 5) is 0. The molecule has 0 fully saturated rings. The van der Waals surface area contributed by atoms with Crippen molar-refractivity contribution >= 4 is 16.2 Å². The van der Waals surface area contributed by atoms with Crippen LogP contribution in [0.4, 0.5) is 0 Å². The second-order valence-electron chi connectivity index (χ2n) is 0. The van der Waals surface area contributed by atoms with E-state index < -0.39 is 0 Å². The van der Waals surface area contributed by atoms with Crippen LogP contribution >= 0.6 is 0 Å². The van der Waals surface area contributed by atoms with Gasteiger partial charge in [0.2, 0.25) is 0 Å². The van der Waals surface area contributed by atoms with E-state index >= 15 is 0 Å². The minimum atomic E-state index is 0. The monoisotopic (exact) mass is 188 g/mol. The summed E-state index contributed by atoms with van der Waals surface area (Å²) >= 11 is 0.736. The average Bonchev–Trinajstić information content (AvgIpc) is 1.50. The first-order chi connectivity index (χ1) is 2.00. The Hall–Kier alpha value is 1.38. The van der Waals surface area contributed by atoms with Crippen molar-refractivity contribution in [2.24, 2.45) is 0 Å². The minimum Gasteiger partial charge on any atom is 0 e. The summed E-state index contributed by atoms with van der Waals surface area (Å²) < 4.78 is 16.7. The fraction of sp³-hybridized carbons (Fsp3) is 0. The first kappa shape index (κ1) is 16.2. The summed E-state index contributed by atoms with van der Waals surface area (Å²) in [7, 11) is 0. The van der Waals surface area contributed by atoms with Crippen LogP contribution in [0.5, 0.6) is 0 Å². The molecule has 0 saturated carbocycles. The molecule has 0 rings (SSSR count). The molecular formula is HAlO2Zn2. The predicted octanol–water partition coefficient (Wildman–Crippen LogP) is -0.891. The van der Waals surface area contributed by atoms with Crippen LogP contribution in [-0.4, -0.2) is 16.2 Å². The Balaban J connectivity index is -0.0000000133. The molecule has 0 atom stereocenters. The molecular weight excluding hydrogens is 190 g/mol. The van der Waals surface area contributed by atoms with Gasteiger partial charge in [0, 0.05) is 19.5 Å². The fourth-order valence-electron chi connectivity index (χ4n) is 0. The Morgan fingerprint density at radius 1 is 1.20 bits per heavy atom. The van der Waals surface area contributed by atoms with Crippen LogP contribution in [0, 0.1) is 0 Å². The van der Waals surface area contributed by atoms with Crippen LogP contribution in [0.25, 0.3) is 0 Å². The molecule has 5 heteroatoms. The molecule has 0 saturated heterocycles. The van der Waals surface area contributed by atoms with Crippen LogP contribution in [0.1, 0.15) is 0 Å². The molecule has 0 aliphatic carbocycles. The van der Waals surface area contributed by atoms with Gasteiger partial charge in [-0.3, -0.25) is 0 Å². The van der Waals surface area contributed by atoms with Crippen molar-refractivity contribution in [3.05, 3.63) is 0 Å². The van der Waals surface area contributed by atoms with E-state index in [4.69, 9.17) is 7.38 Å². The van der Waals surface area contributed by atoms with Gasteiger partial charge in [0.05, 0.1) is 0 Å². The standard InChI is InChI=1S/Al.2O.2Zn.H. The average molecular weight is 191 g/mol. The Kier molecular flexibility index (Phi) is 175. The molecule has 0 aliphatic rings. The quantitative estimate of drug-likeness (QED) is 0.465. The third kappa shape index (κ3) is 32.3. The normalized spacial score (nSPS) is 1.80. The molecule has 0 aliphatic heterocycles. The molecule has 0 bridgehead atoms. The summed E-state index contributed by atoms with van der Waals surface area (Å²) in [5.74, 6) is 0. The fourth-order valence-corrected chi connectivity index (χ4v) is 0. The maximum absolute atomic E-state index is 8.38. The molecule has 0 amide bonds. The predicted molar refractivity (Wildman–Crippen MR) is 8.52 cm³/mol. The summed E-state index contributed by atoms with van der Waals surface area (Å²) in [6.45, 7) is 0. The number of hydrogen-bond acceptors (Lipinski definition) is 2. The molecule has 0 N–H and O–H groups in total. The molecule has 0 radical (unpaired) electrons. The van der Waals surface area contributed by atoms with E-state index in [-0.39, 0.29) is 37.7 Å². The summed E-state index contributed by atoms with van der Waals surface area (Å²) in [6.07, 6.45) is 0. The van der Waals surface area contributed by atoms with Crippen molar-refractivity contribution in [3.8, 4) is 0 Å². The van der Waals surface area contributed by atoms with Crippen LogP contribution in [0.2, 0.25) is 0 Å². The van der Waals surface area contributed by atoms with E-state index in [1.54, 1.807) is 0 Å². The van der Waals surface area contributed by atoms with E-state index in [0.29, 0.717) is 16.2 Å². The van der Waals surface area contributed by atoms with Gasteiger partial charge in [0.1, 0.15) is 0 Å². The maximum Gasteiger partial charge on any atom is 0 e. The number of hydrogen-bond donors (Lipinski definition) is 0. The zero-order valence-electron chi connectivity index (χ0n) is 2.94. The van der Waals surface area contributed by atoms with E-state index in [0.717, 1.165) is 0 Å². The van der Waals surface area contributed by atoms with Gasteiger partial charge in [-0.2, -0.15) is 0 Å². The van der Waals surface area contributed by atoms with Gasteiger partial charge >= 0.3 is 41.9 Å². The van der Waals surface area contributed by atoms with Gasteiger partial charge in [-0.1, -0.05) is 0 Å². The van der Waals surface area contributed by atoms with Crippen LogP contribution in [0.15, 0.2) is 0 Å². The number of rotatable bonds is 0. The first-order valence-electron chi connectivity index (χ1n) is 0.577. The van der Waals surface area contributed by atoms with Gasteiger partial charge < -0.3 is 0 Å². The third-order valence-corrected chi connectivity index (χ3v) is 0. The minimum absolute atomic E-state index is 0. The second kappa shape index (κ2) is 54.2. The van der Waals surface area contributed by atoms with Crippen molar-refractivity contribution in [3.63, 3.8) is 0 Å². The van der Waals surface area contributed by atoms with Gasteiger partial charge in [-0.15, -0.1) is 0 Å². The molecule has 0 aromatic carbocycles. The molecule has 0 aromatic rings. The zero-order chi connectivity index (χ0) is 4.00. The molecule has 2 nitrogen and oxygen atoms in total. The van der Waals surface area contributed by atoms with Gasteiger partial charge in [-0.25, -0.2) is 0 Å². The SMILES string of the molecule is [O]=[AlH].[O]=[Zn].[Zn]. The van der Waals surface area contributed by atoms with Crippen LogP contribution in [0.3, 0.4) is 0 Å². The van der Waals surface area contributed by atoms with Crippen molar-refractivity contribution in [1.82, 2.24) is 0 Å². The molecule has 20 valence electrons. The van der Waals surface area contributed by atoms with Crippen molar-refractivity contribution in [2.45, 2.75) is 0 Å². The van der Waals surface area contributed by atoms with E-state index in [2.05, 4.69) is 0 Å². The Morgan fingerprint density at radius 3 is 1.20 bits per heavy atom. The molecule has 0 aromatic heterocycles. The summed E-state index contributed by atoms with van der Waals surface area (Å²) in [5, 5.41) is 0. The largest absolute Gasteiger partial charge is 0 e. The molecule has 5 heavy (non-hydrogen) atoms. The molecule has 0 spiro atoms. The van der Waals surface area contributed by atoms with E-state index in [9.17, 15) is 0 Å². The summed E-state index contributed by atoms with van der Waals surface area (Å²) in [5.41, 5.74) is 0. The van der Waals surface area contributed by atoms with Gasteiger partial charge in [0.25, 0.3) is 0 Å². The molecule has 0 unspecified atom stereocenters.